The van der Waals surface area contributed by atoms with Crippen LogP contribution in [0.2, 0.25) is 0 Å². The van der Waals surface area contributed by atoms with Gasteiger partial charge in [-0.15, -0.1) is 0 Å². The predicted octanol–water partition coefficient (Wildman–Crippen LogP) is 3.66. The minimum Gasteiger partial charge on any atom is -0.392 e. The van der Waals surface area contributed by atoms with E-state index in [0.717, 1.165) is 60.2 Å². The van der Waals surface area contributed by atoms with Gasteiger partial charge >= 0.3 is 0 Å². The molecule has 1 atom stereocenters. The smallest absolute Gasteiger partial charge is 0.209 e. The minimum absolute atomic E-state index is 0.000727. The summed E-state index contributed by atoms with van der Waals surface area (Å²) in [5.74, 6) is 0.303. The minimum atomic E-state index is 0.000727. The van der Waals surface area contributed by atoms with Gasteiger partial charge in [-0.3, -0.25) is 4.79 Å². The molecule has 0 aliphatic carbocycles. The topological polar surface area (TPSA) is 40.5 Å². The lowest BCUT2D eigenvalue weighted by Crippen LogP contribution is -2.18. The van der Waals surface area contributed by atoms with Crippen LogP contribution in [0.25, 0.3) is 5.57 Å². The van der Waals surface area contributed by atoms with Crippen molar-refractivity contribution in [3.63, 3.8) is 0 Å². The summed E-state index contributed by atoms with van der Waals surface area (Å²) >= 11 is 0. The molecule has 1 unspecified atom stereocenters. The summed E-state index contributed by atoms with van der Waals surface area (Å²) in [6.45, 7) is 11.5. The number of likely N-dealkylation sites (tertiary alicyclic amines) is 1. The molecular weight excluding hydrogens is 286 g/mol. The van der Waals surface area contributed by atoms with E-state index in [1.165, 1.54) is 0 Å². The van der Waals surface area contributed by atoms with E-state index >= 15 is 0 Å². The molecular formula is C20H25NO2. The van der Waals surface area contributed by atoms with Gasteiger partial charge in [0.15, 0.2) is 0 Å². The Hall–Kier alpha value is -2.13. The third kappa shape index (κ3) is 3.80. The summed E-state index contributed by atoms with van der Waals surface area (Å²) in [4.78, 5) is 12.7. The molecule has 1 amide bonds. The number of hydrogen-bond acceptors (Lipinski definition) is 2. The van der Waals surface area contributed by atoms with Crippen molar-refractivity contribution in [2.24, 2.45) is 0 Å². The van der Waals surface area contributed by atoms with Crippen LogP contribution in [0, 0.1) is 0 Å². The first-order valence-corrected chi connectivity index (χ1v) is 8.08. The SMILES string of the molecule is C=C/C=C(\C(=C)CC)c1ccc(C2CCN(C=O)C2)c(CO)c1. The van der Waals surface area contributed by atoms with Crippen molar-refractivity contribution < 1.29 is 9.90 Å². The summed E-state index contributed by atoms with van der Waals surface area (Å²) < 4.78 is 0. The fourth-order valence-corrected chi connectivity index (χ4v) is 3.17. The molecule has 1 heterocycles. The lowest BCUT2D eigenvalue weighted by Gasteiger charge is -2.17. The van der Waals surface area contributed by atoms with E-state index in [0.29, 0.717) is 5.92 Å². The third-order valence-corrected chi connectivity index (χ3v) is 4.53. The number of allylic oxidation sites excluding steroid dienone is 4. The van der Waals surface area contributed by atoms with Gasteiger partial charge in [0, 0.05) is 19.0 Å². The number of carbonyl (C=O) groups is 1. The molecule has 0 spiro atoms. The molecule has 1 N–H and O–H groups in total. The molecule has 3 nitrogen and oxygen atoms in total. The second kappa shape index (κ2) is 7.93. The number of benzene rings is 1. The number of amides is 1. The van der Waals surface area contributed by atoms with Crippen molar-refractivity contribution in [2.45, 2.75) is 32.3 Å². The van der Waals surface area contributed by atoms with Crippen molar-refractivity contribution in [3.05, 3.63) is 65.8 Å². The highest BCUT2D eigenvalue weighted by Gasteiger charge is 2.24. The average molecular weight is 311 g/mol. The van der Waals surface area contributed by atoms with E-state index in [9.17, 15) is 9.90 Å². The molecule has 0 aromatic heterocycles. The highest BCUT2D eigenvalue weighted by atomic mass is 16.3. The van der Waals surface area contributed by atoms with Crippen LogP contribution in [0.4, 0.5) is 0 Å². The van der Waals surface area contributed by atoms with Gasteiger partial charge in [0.25, 0.3) is 0 Å². The maximum absolute atomic E-state index is 10.9. The Bertz CT molecular complexity index is 631. The first-order chi connectivity index (χ1) is 11.1. The summed E-state index contributed by atoms with van der Waals surface area (Å²) in [6, 6.07) is 6.20. The molecule has 1 fully saturated rings. The summed E-state index contributed by atoms with van der Waals surface area (Å²) in [5, 5.41) is 9.79. The first kappa shape index (κ1) is 17.2. The maximum atomic E-state index is 10.9. The van der Waals surface area contributed by atoms with Crippen LogP contribution in [0.3, 0.4) is 0 Å². The Morgan fingerprint density at radius 1 is 1.48 bits per heavy atom. The van der Waals surface area contributed by atoms with E-state index in [1.54, 1.807) is 11.0 Å². The lowest BCUT2D eigenvalue weighted by atomic mass is 9.89. The Morgan fingerprint density at radius 2 is 2.26 bits per heavy atom. The van der Waals surface area contributed by atoms with Crippen molar-refractivity contribution in [1.29, 1.82) is 0 Å². The van der Waals surface area contributed by atoms with E-state index in [-0.39, 0.29) is 6.61 Å². The van der Waals surface area contributed by atoms with Crippen LogP contribution >= 0.6 is 0 Å². The van der Waals surface area contributed by atoms with E-state index < -0.39 is 0 Å². The van der Waals surface area contributed by atoms with Crippen molar-refractivity contribution in [3.8, 4) is 0 Å². The zero-order chi connectivity index (χ0) is 16.8. The second-order valence-electron chi connectivity index (χ2n) is 5.93. The third-order valence-electron chi connectivity index (χ3n) is 4.53. The molecule has 23 heavy (non-hydrogen) atoms. The van der Waals surface area contributed by atoms with E-state index in [2.05, 4.69) is 32.2 Å². The van der Waals surface area contributed by atoms with Gasteiger partial charge in [0.1, 0.15) is 0 Å². The van der Waals surface area contributed by atoms with E-state index in [4.69, 9.17) is 0 Å². The molecule has 0 saturated carbocycles. The van der Waals surface area contributed by atoms with Gasteiger partial charge in [-0.1, -0.05) is 44.4 Å². The van der Waals surface area contributed by atoms with Gasteiger partial charge in [0.05, 0.1) is 6.61 Å². The molecule has 1 aromatic carbocycles. The van der Waals surface area contributed by atoms with Crippen molar-refractivity contribution in [1.82, 2.24) is 4.90 Å². The number of carbonyl (C=O) groups excluding carboxylic acids is 1. The molecule has 1 aliphatic heterocycles. The van der Waals surface area contributed by atoms with Crippen LogP contribution in [0.1, 0.15) is 42.4 Å². The van der Waals surface area contributed by atoms with Crippen LogP contribution < -0.4 is 0 Å². The number of nitrogens with zero attached hydrogens (tertiary/aromatic N) is 1. The van der Waals surface area contributed by atoms with Gasteiger partial charge < -0.3 is 10.0 Å². The Balaban J connectivity index is 2.36. The van der Waals surface area contributed by atoms with Crippen LogP contribution in [0.15, 0.2) is 49.1 Å². The number of aliphatic hydroxyl groups excluding tert-OH is 1. The van der Waals surface area contributed by atoms with Gasteiger partial charge in [0.2, 0.25) is 6.41 Å². The number of hydrogen-bond donors (Lipinski definition) is 1. The average Bonchev–Trinajstić information content (AvgIpc) is 3.07. The molecule has 0 bridgehead atoms. The van der Waals surface area contributed by atoms with Crippen LogP contribution in [0.5, 0.6) is 0 Å². The van der Waals surface area contributed by atoms with Crippen LogP contribution in [-0.2, 0) is 11.4 Å². The largest absolute Gasteiger partial charge is 0.392 e. The molecule has 2 rings (SSSR count). The molecule has 0 radical (unpaired) electrons. The summed E-state index contributed by atoms with van der Waals surface area (Å²) in [6.07, 6.45) is 6.45. The fourth-order valence-electron chi connectivity index (χ4n) is 3.17. The molecule has 3 heteroatoms. The molecule has 1 aromatic rings. The van der Waals surface area contributed by atoms with Gasteiger partial charge in [-0.25, -0.2) is 0 Å². The zero-order valence-corrected chi connectivity index (χ0v) is 13.8. The highest BCUT2D eigenvalue weighted by molar-refractivity contribution is 5.79. The standard InChI is InChI=1S/C20H25NO2/c1-4-6-19(15(3)5-2)16-7-8-20(18(11-16)13-22)17-9-10-21(12-17)14-23/h4,6-8,11,14,17,22H,1,3,5,9-10,12-13H2,2H3/b19-6+. The molecule has 1 aliphatic rings. The maximum Gasteiger partial charge on any atom is 0.209 e. The second-order valence-corrected chi connectivity index (χ2v) is 5.93. The first-order valence-electron chi connectivity index (χ1n) is 8.08. The summed E-state index contributed by atoms with van der Waals surface area (Å²) in [5.41, 5.74) is 5.23. The quantitative estimate of drug-likeness (QED) is 0.616. The highest BCUT2D eigenvalue weighted by Crippen LogP contribution is 2.32. The lowest BCUT2D eigenvalue weighted by molar-refractivity contribution is -0.117. The Kier molecular flexibility index (Phi) is 5.94. The summed E-state index contributed by atoms with van der Waals surface area (Å²) in [7, 11) is 0. The number of aliphatic hydroxyl groups is 1. The van der Waals surface area contributed by atoms with E-state index in [1.807, 2.05) is 12.1 Å². The van der Waals surface area contributed by atoms with Crippen LogP contribution in [-0.4, -0.2) is 29.5 Å². The number of rotatable bonds is 7. The molecule has 1 saturated heterocycles. The molecule has 122 valence electrons. The Labute approximate surface area is 138 Å². The van der Waals surface area contributed by atoms with Gasteiger partial charge in [-0.2, -0.15) is 0 Å². The Morgan fingerprint density at radius 3 is 2.83 bits per heavy atom. The van der Waals surface area contributed by atoms with Crippen molar-refractivity contribution >= 4 is 12.0 Å². The normalized spacial score (nSPS) is 18.1. The van der Waals surface area contributed by atoms with Gasteiger partial charge in [-0.05, 0) is 46.7 Å². The zero-order valence-electron chi connectivity index (χ0n) is 13.8. The monoisotopic (exact) mass is 311 g/mol. The predicted molar refractivity (Wildman–Crippen MR) is 95.0 cm³/mol. The fraction of sp³-hybridized carbons (Fsp3) is 0.350. The van der Waals surface area contributed by atoms with Crippen molar-refractivity contribution in [2.75, 3.05) is 13.1 Å².